The molecule has 2 unspecified atom stereocenters. The highest BCUT2D eigenvalue weighted by Gasteiger charge is 2.33. The first-order valence-electron chi connectivity index (χ1n) is 12.5. The number of methoxy groups -OCH3 is 1. The van der Waals surface area contributed by atoms with Crippen LogP contribution in [0.25, 0.3) is 0 Å². The predicted octanol–water partition coefficient (Wildman–Crippen LogP) is 7.36. The maximum absolute atomic E-state index is 13.1. The topological polar surface area (TPSA) is 61.8 Å². The predicted molar refractivity (Wildman–Crippen MR) is 145 cm³/mol. The van der Waals surface area contributed by atoms with Gasteiger partial charge in [0.25, 0.3) is 0 Å². The van der Waals surface area contributed by atoms with Crippen LogP contribution in [0.1, 0.15) is 81.6 Å². The van der Waals surface area contributed by atoms with E-state index in [2.05, 4.69) is 0 Å². The average molecular weight is 503 g/mol. The lowest BCUT2D eigenvalue weighted by Crippen LogP contribution is -2.28. The van der Waals surface area contributed by atoms with Gasteiger partial charge in [0.15, 0.2) is 12.2 Å². The zero-order valence-corrected chi connectivity index (χ0v) is 23.1. The zero-order chi connectivity index (χ0) is 27.4. The summed E-state index contributed by atoms with van der Waals surface area (Å²) in [5.74, 6) is 0.0526. The lowest BCUT2D eigenvalue weighted by atomic mass is 9.89. The van der Waals surface area contributed by atoms with Crippen LogP contribution in [-0.4, -0.2) is 19.0 Å². The van der Waals surface area contributed by atoms with E-state index >= 15 is 0 Å². The fourth-order valence-electron chi connectivity index (χ4n) is 3.70. The van der Waals surface area contributed by atoms with Gasteiger partial charge in [-0.15, -0.1) is 0 Å². The van der Waals surface area contributed by atoms with E-state index < -0.39 is 23.0 Å². The maximum Gasteiger partial charge on any atom is 0.312 e. The van der Waals surface area contributed by atoms with Crippen LogP contribution in [0.4, 0.5) is 0 Å². The van der Waals surface area contributed by atoms with Gasteiger partial charge in [0, 0.05) is 11.1 Å². The van der Waals surface area contributed by atoms with Gasteiger partial charge in [-0.05, 0) is 71.7 Å². The SMILES string of the molecule is COc1ccc(C(OC(=O)C(C)(C)C)c2ccccc2C(OC(=O)C(C)(C)C)c2ccc(C)cc2)cc1. The Morgan fingerprint density at radius 3 is 1.35 bits per heavy atom. The molecule has 3 rings (SSSR count). The van der Waals surface area contributed by atoms with Crippen molar-refractivity contribution in [2.45, 2.75) is 60.7 Å². The minimum atomic E-state index is -0.713. The van der Waals surface area contributed by atoms with Gasteiger partial charge in [-0.3, -0.25) is 9.59 Å². The standard InChI is InChI=1S/C32H38O5/c1-21-13-15-22(16-14-21)27(36-29(33)31(2,3)4)25-11-9-10-12-26(25)28(37-30(34)32(5,6)7)23-17-19-24(35-8)20-18-23/h9-20,27-28H,1-8H3. The van der Waals surface area contributed by atoms with Crippen LogP contribution < -0.4 is 4.74 Å². The second-order valence-electron chi connectivity index (χ2n) is 11.4. The van der Waals surface area contributed by atoms with Gasteiger partial charge in [-0.2, -0.15) is 0 Å². The number of ether oxygens (including phenoxy) is 3. The van der Waals surface area contributed by atoms with Crippen LogP contribution in [0.3, 0.4) is 0 Å². The molecule has 0 saturated heterocycles. The molecule has 0 aliphatic carbocycles. The summed E-state index contributed by atoms with van der Waals surface area (Å²) in [5.41, 5.74) is 2.85. The Morgan fingerprint density at radius 2 is 1.00 bits per heavy atom. The molecule has 0 heterocycles. The molecule has 3 aromatic carbocycles. The van der Waals surface area contributed by atoms with Crippen molar-refractivity contribution in [2.75, 3.05) is 7.11 Å². The molecular formula is C32H38O5. The van der Waals surface area contributed by atoms with E-state index in [9.17, 15) is 9.59 Å². The number of rotatable bonds is 7. The van der Waals surface area contributed by atoms with E-state index in [1.807, 2.05) is 121 Å². The van der Waals surface area contributed by atoms with E-state index in [0.29, 0.717) is 5.75 Å². The lowest BCUT2D eigenvalue weighted by Gasteiger charge is -2.29. The summed E-state index contributed by atoms with van der Waals surface area (Å²) in [6.07, 6.45) is -1.40. The number of aryl methyl sites for hydroxylation is 1. The summed E-state index contributed by atoms with van der Waals surface area (Å²) in [4.78, 5) is 26.2. The number of hydrogen-bond acceptors (Lipinski definition) is 5. The van der Waals surface area contributed by atoms with E-state index in [0.717, 1.165) is 27.8 Å². The van der Waals surface area contributed by atoms with Gasteiger partial charge in [-0.1, -0.05) is 66.2 Å². The van der Waals surface area contributed by atoms with E-state index in [1.165, 1.54) is 0 Å². The van der Waals surface area contributed by atoms with Gasteiger partial charge < -0.3 is 14.2 Å². The minimum absolute atomic E-state index is 0.319. The van der Waals surface area contributed by atoms with Gasteiger partial charge in [0.05, 0.1) is 17.9 Å². The van der Waals surface area contributed by atoms with E-state index in [-0.39, 0.29) is 11.9 Å². The fraction of sp³-hybridized carbons (Fsp3) is 0.375. The molecule has 0 bridgehead atoms. The van der Waals surface area contributed by atoms with Gasteiger partial charge >= 0.3 is 11.9 Å². The molecule has 3 aromatic rings. The molecule has 5 heteroatoms. The Hall–Kier alpha value is -3.60. The minimum Gasteiger partial charge on any atom is -0.497 e. The maximum atomic E-state index is 13.1. The third-order valence-corrected chi connectivity index (χ3v) is 6.03. The number of esters is 2. The second-order valence-corrected chi connectivity index (χ2v) is 11.4. The number of hydrogen-bond donors (Lipinski definition) is 0. The summed E-state index contributed by atoms with van der Waals surface area (Å²) in [6, 6.07) is 23.0. The Kier molecular flexibility index (Phi) is 8.47. The van der Waals surface area contributed by atoms with E-state index in [4.69, 9.17) is 14.2 Å². The van der Waals surface area contributed by atoms with Gasteiger partial charge in [0.2, 0.25) is 0 Å². The van der Waals surface area contributed by atoms with Crippen molar-refractivity contribution in [1.82, 2.24) is 0 Å². The fourth-order valence-corrected chi connectivity index (χ4v) is 3.70. The molecular weight excluding hydrogens is 464 g/mol. The Balaban J connectivity index is 2.19. The quantitative estimate of drug-likeness (QED) is 0.316. The highest BCUT2D eigenvalue weighted by atomic mass is 16.6. The first kappa shape index (κ1) is 28.0. The van der Waals surface area contributed by atoms with Crippen molar-refractivity contribution < 1.29 is 23.8 Å². The molecule has 0 aliphatic rings. The monoisotopic (exact) mass is 502 g/mol. The smallest absolute Gasteiger partial charge is 0.312 e. The first-order valence-corrected chi connectivity index (χ1v) is 12.5. The van der Waals surface area contributed by atoms with Crippen molar-refractivity contribution in [2.24, 2.45) is 10.8 Å². The van der Waals surface area contributed by atoms with Crippen LogP contribution in [0.15, 0.2) is 72.8 Å². The second kappa shape index (κ2) is 11.2. The molecule has 0 saturated carbocycles. The van der Waals surface area contributed by atoms with Gasteiger partial charge in [0.1, 0.15) is 5.75 Å². The molecule has 2 atom stereocenters. The third-order valence-electron chi connectivity index (χ3n) is 6.03. The van der Waals surface area contributed by atoms with Crippen LogP contribution >= 0.6 is 0 Å². The molecule has 0 amide bonds. The van der Waals surface area contributed by atoms with Crippen molar-refractivity contribution in [1.29, 1.82) is 0 Å². The highest BCUT2D eigenvalue weighted by molar-refractivity contribution is 5.77. The van der Waals surface area contributed by atoms with Crippen molar-refractivity contribution >= 4 is 11.9 Å². The third kappa shape index (κ3) is 7.00. The summed E-state index contributed by atoms with van der Waals surface area (Å²) < 4.78 is 17.7. The summed E-state index contributed by atoms with van der Waals surface area (Å²) in [5, 5.41) is 0. The highest BCUT2D eigenvalue weighted by Crippen LogP contribution is 2.38. The normalized spacial score (nSPS) is 13.4. The summed E-state index contributed by atoms with van der Waals surface area (Å²) in [7, 11) is 1.61. The van der Waals surface area contributed by atoms with Crippen molar-refractivity contribution in [3.8, 4) is 5.75 Å². The summed E-state index contributed by atoms with van der Waals surface area (Å²) in [6.45, 7) is 13.0. The number of carbonyl (C=O) groups is 2. The molecule has 37 heavy (non-hydrogen) atoms. The number of carbonyl (C=O) groups excluding carboxylic acids is 2. The summed E-state index contributed by atoms with van der Waals surface area (Å²) >= 11 is 0. The Bertz CT molecular complexity index is 1210. The molecule has 0 spiro atoms. The zero-order valence-electron chi connectivity index (χ0n) is 23.1. The lowest BCUT2D eigenvalue weighted by molar-refractivity contribution is -0.159. The molecule has 0 N–H and O–H groups in total. The van der Waals surface area contributed by atoms with Gasteiger partial charge in [-0.25, -0.2) is 0 Å². The largest absolute Gasteiger partial charge is 0.497 e. The molecule has 5 nitrogen and oxygen atoms in total. The Labute approximate surface area is 220 Å². The molecule has 0 fully saturated rings. The molecule has 196 valence electrons. The van der Waals surface area contributed by atoms with Crippen molar-refractivity contribution in [3.63, 3.8) is 0 Å². The molecule has 0 aliphatic heterocycles. The van der Waals surface area contributed by atoms with E-state index in [1.54, 1.807) is 7.11 Å². The molecule has 0 radical (unpaired) electrons. The number of benzene rings is 3. The van der Waals surface area contributed by atoms with Crippen LogP contribution in [0.5, 0.6) is 5.75 Å². The average Bonchev–Trinajstić information content (AvgIpc) is 2.85. The van der Waals surface area contributed by atoms with Crippen LogP contribution in [-0.2, 0) is 19.1 Å². The van der Waals surface area contributed by atoms with Crippen LogP contribution in [0, 0.1) is 17.8 Å². The molecule has 0 aromatic heterocycles. The first-order chi connectivity index (χ1) is 17.3. The van der Waals surface area contributed by atoms with Crippen molar-refractivity contribution in [3.05, 3.63) is 101 Å². The Morgan fingerprint density at radius 1 is 0.622 bits per heavy atom. The van der Waals surface area contributed by atoms with Crippen LogP contribution in [0.2, 0.25) is 0 Å².